The molecule has 110 valence electrons. The molecule has 2 aromatic heterocycles. The van der Waals surface area contributed by atoms with E-state index in [0.29, 0.717) is 6.04 Å². The van der Waals surface area contributed by atoms with Crippen LogP contribution in [0, 0.1) is 0 Å². The van der Waals surface area contributed by atoms with E-state index >= 15 is 0 Å². The van der Waals surface area contributed by atoms with Crippen molar-refractivity contribution in [3.05, 3.63) is 47.5 Å². The molecular formula is C16H21N5. The number of aryl methyl sites for hydroxylation is 1. The molecule has 2 heterocycles. The van der Waals surface area contributed by atoms with E-state index in [4.69, 9.17) is 0 Å². The van der Waals surface area contributed by atoms with Gasteiger partial charge in [0.05, 0.1) is 5.69 Å². The summed E-state index contributed by atoms with van der Waals surface area (Å²) in [6.07, 6.45) is 9.04. The highest BCUT2D eigenvalue weighted by molar-refractivity contribution is 5.34. The molecule has 0 unspecified atom stereocenters. The minimum Gasteiger partial charge on any atom is -0.347 e. The van der Waals surface area contributed by atoms with Crippen molar-refractivity contribution in [2.45, 2.75) is 31.8 Å². The predicted molar refractivity (Wildman–Crippen MR) is 83.1 cm³/mol. The zero-order valence-electron chi connectivity index (χ0n) is 12.6. The Labute approximate surface area is 125 Å². The summed E-state index contributed by atoms with van der Waals surface area (Å²) >= 11 is 0. The topological polar surface area (TPSA) is 53.9 Å². The third-order valence-corrected chi connectivity index (χ3v) is 3.84. The Morgan fingerprint density at radius 1 is 1.33 bits per heavy atom. The van der Waals surface area contributed by atoms with Gasteiger partial charge in [-0.05, 0) is 30.9 Å². The van der Waals surface area contributed by atoms with E-state index in [1.54, 1.807) is 6.20 Å². The Morgan fingerprint density at radius 2 is 2.24 bits per heavy atom. The van der Waals surface area contributed by atoms with Gasteiger partial charge in [0.1, 0.15) is 0 Å². The molecule has 0 bridgehead atoms. The zero-order chi connectivity index (χ0) is 14.7. The number of aromatic nitrogens is 3. The van der Waals surface area contributed by atoms with Crippen LogP contribution in [-0.2, 0) is 13.0 Å². The quantitative estimate of drug-likeness (QED) is 0.931. The van der Waals surface area contributed by atoms with Gasteiger partial charge >= 0.3 is 0 Å². The molecule has 1 atom stereocenters. The number of fused-ring (bicyclic) bond motifs is 1. The molecule has 21 heavy (non-hydrogen) atoms. The first-order valence-electron chi connectivity index (χ1n) is 7.39. The maximum Gasteiger partial charge on any atom is 0.225 e. The van der Waals surface area contributed by atoms with Crippen LogP contribution >= 0.6 is 0 Å². The van der Waals surface area contributed by atoms with Crippen LogP contribution in [0.2, 0.25) is 0 Å². The molecule has 1 aliphatic carbocycles. The zero-order valence-corrected chi connectivity index (χ0v) is 12.6. The summed E-state index contributed by atoms with van der Waals surface area (Å²) < 4.78 is 0. The average molecular weight is 283 g/mol. The van der Waals surface area contributed by atoms with Crippen LogP contribution in [0.3, 0.4) is 0 Å². The summed E-state index contributed by atoms with van der Waals surface area (Å²) in [6, 6.07) is 4.40. The van der Waals surface area contributed by atoms with E-state index in [1.165, 1.54) is 23.2 Å². The normalized spacial score (nSPS) is 17.3. The number of hydrogen-bond acceptors (Lipinski definition) is 5. The van der Waals surface area contributed by atoms with Crippen LogP contribution in [0.4, 0.5) is 5.95 Å². The fourth-order valence-corrected chi connectivity index (χ4v) is 2.71. The molecule has 0 radical (unpaired) electrons. The molecule has 0 spiro atoms. The van der Waals surface area contributed by atoms with Gasteiger partial charge < -0.3 is 10.2 Å². The molecule has 3 rings (SSSR count). The highest BCUT2D eigenvalue weighted by atomic mass is 15.2. The highest BCUT2D eigenvalue weighted by Crippen LogP contribution is 2.29. The van der Waals surface area contributed by atoms with Gasteiger partial charge in [-0.2, -0.15) is 0 Å². The summed E-state index contributed by atoms with van der Waals surface area (Å²) in [6.45, 7) is 0.827. The summed E-state index contributed by atoms with van der Waals surface area (Å²) in [5.74, 6) is 0.793. The van der Waals surface area contributed by atoms with E-state index in [2.05, 4.69) is 26.3 Å². The van der Waals surface area contributed by atoms with Gasteiger partial charge in [-0.15, -0.1) is 0 Å². The largest absolute Gasteiger partial charge is 0.347 e. The Bertz CT molecular complexity index is 597. The first kappa shape index (κ1) is 13.9. The van der Waals surface area contributed by atoms with Crippen molar-refractivity contribution in [1.29, 1.82) is 0 Å². The predicted octanol–water partition coefficient (Wildman–Crippen LogP) is 2.10. The first-order valence-corrected chi connectivity index (χ1v) is 7.39. The van der Waals surface area contributed by atoms with E-state index in [-0.39, 0.29) is 0 Å². The smallest absolute Gasteiger partial charge is 0.225 e. The first-order chi connectivity index (χ1) is 10.2. The van der Waals surface area contributed by atoms with Crippen LogP contribution in [0.5, 0.6) is 0 Å². The molecule has 5 heteroatoms. The second kappa shape index (κ2) is 6.18. The monoisotopic (exact) mass is 283 g/mol. The van der Waals surface area contributed by atoms with Gasteiger partial charge in [0.2, 0.25) is 5.95 Å². The Hall–Kier alpha value is -2.01. The number of rotatable bonds is 4. The molecule has 1 N–H and O–H groups in total. The van der Waals surface area contributed by atoms with Crippen molar-refractivity contribution in [3.8, 4) is 0 Å². The lowest BCUT2D eigenvalue weighted by Crippen LogP contribution is -2.26. The van der Waals surface area contributed by atoms with Crippen molar-refractivity contribution in [1.82, 2.24) is 20.3 Å². The van der Waals surface area contributed by atoms with Gasteiger partial charge in [0.25, 0.3) is 0 Å². The number of nitrogens with zero attached hydrogens (tertiary/aromatic N) is 4. The van der Waals surface area contributed by atoms with Crippen LogP contribution in [0.25, 0.3) is 0 Å². The summed E-state index contributed by atoms with van der Waals surface area (Å²) in [5, 5.41) is 3.61. The van der Waals surface area contributed by atoms with E-state index < -0.39 is 0 Å². The van der Waals surface area contributed by atoms with Crippen molar-refractivity contribution >= 4 is 5.95 Å². The third-order valence-electron chi connectivity index (χ3n) is 3.84. The molecule has 2 aromatic rings. The minimum atomic E-state index is 0.338. The second-order valence-corrected chi connectivity index (χ2v) is 5.65. The number of hydrogen-bond donors (Lipinski definition) is 1. The summed E-state index contributed by atoms with van der Waals surface area (Å²) in [5.41, 5.74) is 3.63. The molecular weight excluding hydrogens is 262 g/mol. The number of anilines is 1. The Morgan fingerprint density at radius 3 is 3.00 bits per heavy atom. The highest BCUT2D eigenvalue weighted by Gasteiger charge is 2.22. The Kier molecular flexibility index (Phi) is 4.10. The van der Waals surface area contributed by atoms with E-state index in [1.807, 2.05) is 37.5 Å². The van der Waals surface area contributed by atoms with Gasteiger partial charge in [-0.3, -0.25) is 4.98 Å². The molecule has 0 aromatic carbocycles. The maximum atomic E-state index is 4.68. The van der Waals surface area contributed by atoms with Crippen molar-refractivity contribution in [2.75, 3.05) is 19.0 Å². The molecule has 1 aliphatic rings. The van der Waals surface area contributed by atoms with Gasteiger partial charge in [-0.1, -0.05) is 6.07 Å². The third kappa shape index (κ3) is 3.19. The lowest BCUT2D eigenvalue weighted by atomic mass is 9.92. The molecule has 0 saturated carbocycles. The second-order valence-electron chi connectivity index (χ2n) is 5.65. The van der Waals surface area contributed by atoms with Gasteiger partial charge in [0.15, 0.2) is 0 Å². The number of pyridine rings is 1. The lowest BCUT2D eigenvalue weighted by molar-refractivity contribution is 0.452. The van der Waals surface area contributed by atoms with Gasteiger partial charge in [-0.25, -0.2) is 9.97 Å². The molecule has 0 fully saturated rings. The summed E-state index contributed by atoms with van der Waals surface area (Å²) in [7, 11) is 3.95. The summed E-state index contributed by atoms with van der Waals surface area (Å²) in [4.78, 5) is 15.2. The van der Waals surface area contributed by atoms with Crippen LogP contribution in [-0.4, -0.2) is 29.0 Å². The fourth-order valence-electron chi connectivity index (χ4n) is 2.71. The fraction of sp³-hybridized carbons (Fsp3) is 0.438. The van der Waals surface area contributed by atoms with Crippen molar-refractivity contribution < 1.29 is 0 Å². The minimum absolute atomic E-state index is 0.338. The van der Waals surface area contributed by atoms with Gasteiger partial charge in [0, 0.05) is 50.8 Å². The SMILES string of the molecule is CN(C)c1ncc2c(n1)CCC[C@@H]2NCc1cccnc1. The molecule has 0 saturated heterocycles. The van der Waals surface area contributed by atoms with Crippen molar-refractivity contribution in [2.24, 2.45) is 0 Å². The van der Waals surface area contributed by atoms with Crippen LogP contribution < -0.4 is 10.2 Å². The van der Waals surface area contributed by atoms with E-state index in [9.17, 15) is 0 Å². The molecule has 0 aliphatic heterocycles. The lowest BCUT2D eigenvalue weighted by Gasteiger charge is -2.26. The molecule has 5 nitrogen and oxygen atoms in total. The van der Waals surface area contributed by atoms with Crippen LogP contribution in [0.1, 0.15) is 35.7 Å². The Balaban J connectivity index is 1.74. The van der Waals surface area contributed by atoms with E-state index in [0.717, 1.165) is 25.3 Å². The standard InChI is InChI=1S/C16H21N5/c1-21(2)16-19-11-13-14(6-3-7-15(13)20-16)18-10-12-5-4-8-17-9-12/h4-5,8-9,11,14,18H,3,6-7,10H2,1-2H3/t14-/m0/s1. The van der Waals surface area contributed by atoms with Crippen LogP contribution in [0.15, 0.2) is 30.7 Å². The van der Waals surface area contributed by atoms with Crippen molar-refractivity contribution in [3.63, 3.8) is 0 Å². The number of nitrogens with one attached hydrogen (secondary N) is 1. The average Bonchev–Trinajstić information content (AvgIpc) is 2.53. The maximum absolute atomic E-state index is 4.68. The molecule has 0 amide bonds.